The quantitative estimate of drug-likeness (QED) is 0.870. The molecule has 4 heteroatoms. The SMILES string of the molecule is CC(N)CCc1ccc(OCc2cscn2)cc1. The van der Waals surface area contributed by atoms with Crippen molar-refractivity contribution in [2.75, 3.05) is 0 Å². The Hall–Kier alpha value is -1.39. The molecule has 0 aliphatic rings. The highest BCUT2D eigenvalue weighted by atomic mass is 32.1. The van der Waals surface area contributed by atoms with Crippen molar-refractivity contribution < 1.29 is 4.74 Å². The fraction of sp³-hybridized carbons (Fsp3) is 0.357. The Morgan fingerprint density at radius 1 is 1.33 bits per heavy atom. The predicted octanol–water partition coefficient (Wildman–Crippen LogP) is 3.00. The largest absolute Gasteiger partial charge is 0.487 e. The van der Waals surface area contributed by atoms with Gasteiger partial charge in [-0.3, -0.25) is 0 Å². The molecule has 0 saturated carbocycles. The van der Waals surface area contributed by atoms with Gasteiger partial charge in [0.25, 0.3) is 0 Å². The van der Waals surface area contributed by atoms with Crippen LogP contribution in [0.5, 0.6) is 5.75 Å². The van der Waals surface area contributed by atoms with E-state index >= 15 is 0 Å². The first kappa shape index (κ1) is 13.1. The summed E-state index contributed by atoms with van der Waals surface area (Å²) in [7, 11) is 0. The minimum absolute atomic E-state index is 0.255. The van der Waals surface area contributed by atoms with Crippen LogP contribution in [0, 0.1) is 0 Å². The van der Waals surface area contributed by atoms with Gasteiger partial charge in [0, 0.05) is 11.4 Å². The van der Waals surface area contributed by atoms with E-state index in [0.29, 0.717) is 6.61 Å². The van der Waals surface area contributed by atoms with E-state index in [1.165, 1.54) is 5.56 Å². The maximum atomic E-state index is 5.74. The molecule has 0 fully saturated rings. The zero-order valence-electron chi connectivity index (χ0n) is 10.5. The van der Waals surface area contributed by atoms with E-state index in [9.17, 15) is 0 Å². The molecule has 18 heavy (non-hydrogen) atoms. The van der Waals surface area contributed by atoms with Gasteiger partial charge in [-0.05, 0) is 37.5 Å². The second kappa shape index (κ2) is 6.52. The lowest BCUT2D eigenvalue weighted by Crippen LogP contribution is -2.15. The first-order valence-corrected chi connectivity index (χ1v) is 7.02. The summed E-state index contributed by atoms with van der Waals surface area (Å²) >= 11 is 1.58. The number of hydrogen-bond donors (Lipinski definition) is 1. The molecule has 2 aromatic rings. The number of hydrogen-bond acceptors (Lipinski definition) is 4. The van der Waals surface area contributed by atoms with Gasteiger partial charge in [-0.1, -0.05) is 12.1 Å². The monoisotopic (exact) mass is 262 g/mol. The number of benzene rings is 1. The van der Waals surface area contributed by atoms with Gasteiger partial charge < -0.3 is 10.5 Å². The highest BCUT2D eigenvalue weighted by molar-refractivity contribution is 7.07. The zero-order chi connectivity index (χ0) is 12.8. The predicted molar refractivity (Wildman–Crippen MR) is 74.9 cm³/mol. The second-order valence-corrected chi connectivity index (χ2v) is 5.15. The van der Waals surface area contributed by atoms with Crippen molar-refractivity contribution in [3.63, 3.8) is 0 Å². The molecule has 0 spiro atoms. The van der Waals surface area contributed by atoms with Gasteiger partial charge in [0.2, 0.25) is 0 Å². The van der Waals surface area contributed by atoms with Gasteiger partial charge in [0.15, 0.2) is 0 Å². The summed E-state index contributed by atoms with van der Waals surface area (Å²) in [5, 5.41) is 2.00. The Bertz CT molecular complexity index is 451. The zero-order valence-corrected chi connectivity index (χ0v) is 11.3. The molecule has 2 rings (SSSR count). The van der Waals surface area contributed by atoms with Crippen LogP contribution in [0.3, 0.4) is 0 Å². The summed E-state index contributed by atoms with van der Waals surface area (Å²) in [6.07, 6.45) is 2.03. The Kier molecular flexibility index (Phi) is 4.73. The van der Waals surface area contributed by atoms with Crippen LogP contribution in [0.15, 0.2) is 35.2 Å². The topological polar surface area (TPSA) is 48.1 Å². The fourth-order valence-electron chi connectivity index (χ4n) is 1.61. The molecule has 0 radical (unpaired) electrons. The van der Waals surface area contributed by atoms with E-state index in [2.05, 4.69) is 17.1 Å². The number of aromatic nitrogens is 1. The van der Waals surface area contributed by atoms with Crippen LogP contribution in [0.2, 0.25) is 0 Å². The molecule has 0 bridgehead atoms. The van der Waals surface area contributed by atoms with Crippen molar-refractivity contribution in [1.29, 1.82) is 0 Å². The van der Waals surface area contributed by atoms with Gasteiger partial charge in [-0.25, -0.2) is 4.98 Å². The molecule has 1 aromatic heterocycles. The number of aryl methyl sites for hydroxylation is 1. The van der Waals surface area contributed by atoms with Crippen molar-refractivity contribution in [3.8, 4) is 5.75 Å². The summed E-state index contributed by atoms with van der Waals surface area (Å²) in [6.45, 7) is 2.56. The van der Waals surface area contributed by atoms with Crippen molar-refractivity contribution in [1.82, 2.24) is 4.98 Å². The van der Waals surface area contributed by atoms with Gasteiger partial charge in [0.1, 0.15) is 12.4 Å². The average molecular weight is 262 g/mol. The van der Waals surface area contributed by atoms with Gasteiger partial charge >= 0.3 is 0 Å². The maximum Gasteiger partial charge on any atom is 0.131 e. The number of nitrogens with zero attached hydrogens (tertiary/aromatic N) is 1. The Balaban J connectivity index is 1.83. The van der Waals surface area contributed by atoms with Gasteiger partial charge in [-0.15, -0.1) is 11.3 Å². The summed E-state index contributed by atoms with van der Waals surface area (Å²) in [5.74, 6) is 0.882. The maximum absolute atomic E-state index is 5.74. The Morgan fingerprint density at radius 2 is 2.11 bits per heavy atom. The van der Waals surface area contributed by atoms with E-state index in [-0.39, 0.29) is 6.04 Å². The molecule has 1 aromatic carbocycles. The normalized spacial score (nSPS) is 12.3. The van der Waals surface area contributed by atoms with Gasteiger partial charge in [-0.2, -0.15) is 0 Å². The molecule has 2 N–H and O–H groups in total. The average Bonchev–Trinajstić information content (AvgIpc) is 2.88. The van der Waals surface area contributed by atoms with E-state index in [0.717, 1.165) is 24.3 Å². The minimum atomic E-state index is 0.255. The Morgan fingerprint density at radius 3 is 2.72 bits per heavy atom. The molecule has 1 heterocycles. The van der Waals surface area contributed by atoms with E-state index in [4.69, 9.17) is 10.5 Å². The number of ether oxygens (including phenoxy) is 1. The molecule has 1 unspecified atom stereocenters. The van der Waals surface area contributed by atoms with Crippen molar-refractivity contribution in [2.24, 2.45) is 5.73 Å². The highest BCUT2D eigenvalue weighted by Gasteiger charge is 2.00. The number of thiazole rings is 1. The first-order chi connectivity index (χ1) is 8.74. The molecule has 96 valence electrons. The molecule has 0 aliphatic heterocycles. The van der Waals surface area contributed by atoms with E-state index in [1.54, 1.807) is 11.3 Å². The lowest BCUT2D eigenvalue weighted by atomic mass is 10.1. The molecule has 0 amide bonds. The lowest BCUT2D eigenvalue weighted by Gasteiger charge is -2.07. The third kappa shape index (κ3) is 4.13. The fourth-order valence-corrected chi connectivity index (χ4v) is 2.16. The summed E-state index contributed by atoms with van der Waals surface area (Å²) in [4.78, 5) is 4.18. The van der Waals surface area contributed by atoms with Crippen LogP contribution in [0.1, 0.15) is 24.6 Å². The summed E-state index contributed by atoms with van der Waals surface area (Å²) in [5.41, 5.74) is 9.83. The number of nitrogens with two attached hydrogens (primary N) is 1. The van der Waals surface area contributed by atoms with Crippen molar-refractivity contribution >= 4 is 11.3 Å². The van der Waals surface area contributed by atoms with Crippen LogP contribution in [-0.4, -0.2) is 11.0 Å². The summed E-state index contributed by atoms with van der Waals surface area (Å²) < 4.78 is 5.65. The Labute approximate surface area is 112 Å². The molecular formula is C14H18N2OS. The van der Waals surface area contributed by atoms with Crippen molar-refractivity contribution in [2.45, 2.75) is 32.4 Å². The third-order valence-electron chi connectivity index (χ3n) is 2.68. The molecular weight excluding hydrogens is 244 g/mol. The minimum Gasteiger partial charge on any atom is -0.487 e. The van der Waals surface area contributed by atoms with Crippen LogP contribution in [0.4, 0.5) is 0 Å². The van der Waals surface area contributed by atoms with Crippen LogP contribution < -0.4 is 10.5 Å². The lowest BCUT2D eigenvalue weighted by molar-refractivity contribution is 0.302. The highest BCUT2D eigenvalue weighted by Crippen LogP contribution is 2.15. The van der Waals surface area contributed by atoms with Gasteiger partial charge in [0.05, 0.1) is 11.2 Å². The van der Waals surface area contributed by atoms with Crippen molar-refractivity contribution in [3.05, 3.63) is 46.4 Å². The van der Waals surface area contributed by atoms with Crippen LogP contribution in [0.25, 0.3) is 0 Å². The second-order valence-electron chi connectivity index (χ2n) is 4.43. The third-order valence-corrected chi connectivity index (χ3v) is 3.32. The first-order valence-electron chi connectivity index (χ1n) is 6.08. The molecule has 0 saturated heterocycles. The molecule has 0 aliphatic carbocycles. The number of rotatable bonds is 6. The van der Waals surface area contributed by atoms with Crippen LogP contribution in [-0.2, 0) is 13.0 Å². The molecule has 1 atom stereocenters. The van der Waals surface area contributed by atoms with E-state index in [1.807, 2.05) is 29.9 Å². The standard InChI is InChI=1S/C14H18N2OS/c1-11(15)2-3-12-4-6-14(7-5-12)17-8-13-9-18-10-16-13/h4-7,9-11H,2-3,8,15H2,1H3. The summed E-state index contributed by atoms with van der Waals surface area (Å²) in [6, 6.07) is 8.45. The van der Waals surface area contributed by atoms with E-state index < -0.39 is 0 Å². The smallest absolute Gasteiger partial charge is 0.131 e. The van der Waals surface area contributed by atoms with Crippen LogP contribution >= 0.6 is 11.3 Å². The molecule has 3 nitrogen and oxygen atoms in total.